The summed E-state index contributed by atoms with van der Waals surface area (Å²) in [5, 5.41) is 0. The highest BCUT2D eigenvalue weighted by molar-refractivity contribution is 5.79. The third kappa shape index (κ3) is 2.08. The molecule has 0 spiro atoms. The Morgan fingerprint density at radius 3 is 2.71 bits per heavy atom. The van der Waals surface area contributed by atoms with Crippen molar-refractivity contribution in [3.8, 4) is 0 Å². The normalized spacial score (nSPS) is 25.4. The standard InChI is InChI=1S/C15H20O2/c1-5-17-14(16)13-12(15(13,3)4)11-8-6-7-10(2)9-11/h6-9,12-13H,5H2,1-4H3/t12-,13+/m1/s1. The molecular formula is C15H20O2. The molecule has 1 fully saturated rings. The lowest BCUT2D eigenvalue weighted by Crippen LogP contribution is -2.10. The number of carbonyl (C=O) groups excluding carboxylic acids is 1. The topological polar surface area (TPSA) is 26.3 Å². The van der Waals surface area contributed by atoms with Gasteiger partial charge in [0.05, 0.1) is 12.5 Å². The SMILES string of the molecule is CCOC(=O)[C@@H]1[C@@H](c2cccc(C)c2)C1(C)C. The smallest absolute Gasteiger partial charge is 0.310 e. The van der Waals surface area contributed by atoms with Crippen LogP contribution in [0, 0.1) is 18.3 Å². The molecule has 1 aromatic carbocycles. The molecule has 2 heteroatoms. The number of esters is 1. The Hall–Kier alpha value is -1.31. The van der Waals surface area contributed by atoms with Crippen LogP contribution >= 0.6 is 0 Å². The fourth-order valence-corrected chi connectivity index (χ4v) is 2.80. The molecule has 2 atom stereocenters. The average Bonchev–Trinajstić information content (AvgIpc) is 2.82. The third-order valence-corrected chi connectivity index (χ3v) is 3.77. The number of hydrogen-bond acceptors (Lipinski definition) is 2. The monoisotopic (exact) mass is 232 g/mol. The lowest BCUT2D eigenvalue weighted by molar-refractivity contribution is -0.145. The van der Waals surface area contributed by atoms with Gasteiger partial charge >= 0.3 is 5.97 Å². The lowest BCUT2D eigenvalue weighted by atomic mass is 10.0. The Kier molecular flexibility index (Phi) is 2.98. The molecule has 1 aliphatic rings. The molecule has 2 nitrogen and oxygen atoms in total. The predicted molar refractivity (Wildman–Crippen MR) is 67.8 cm³/mol. The molecule has 1 aromatic rings. The van der Waals surface area contributed by atoms with Crippen molar-refractivity contribution in [2.45, 2.75) is 33.6 Å². The second kappa shape index (κ2) is 4.17. The first-order valence-corrected chi connectivity index (χ1v) is 6.21. The van der Waals surface area contributed by atoms with Crippen molar-refractivity contribution in [3.05, 3.63) is 35.4 Å². The van der Waals surface area contributed by atoms with Gasteiger partial charge in [-0.2, -0.15) is 0 Å². The highest BCUT2D eigenvalue weighted by Crippen LogP contribution is 2.64. The summed E-state index contributed by atoms with van der Waals surface area (Å²) in [7, 11) is 0. The van der Waals surface area contributed by atoms with Gasteiger partial charge in [0.15, 0.2) is 0 Å². The predicted octanol–water partition coefficient (Wildman–Crippen LogP) is 3.30. The number of ether oxygens (including phenoxy) is 1. The van der Waals surface area contributed by atoms with E-state index in [4.69, 9.17) is 4.74 Å². The Balaban J connectivity index is 2.21. The van der Waals surface area contributed by atoms with E-state index in [1.807, 2.05) is 6.92 Å². The summed E-state index contributed by atoms with van der Waals surface area (Å²) in [5.74, 6) is 0.273. The van der Waals surface area contributed by atoms with Crippen molar-refractivity contribution >= 4 is 5.97 Å². The second-order valence-corrected chi connectivity index (χ2v) is 5.44. The zero-order valence-electron chi connectivity index (χ0n) is 11.0. The van der Waals surface area contributed by atoms with Gasteiger partial charge in [-0.1, -0.05) is 43.7 Å². The van der Waals surface area contributed by atoms with Crippen LogP contribution in [0.1, 0.15) is 37.8 Å². The van der Waals surface area contributed by atoms with Gasteiger partial charge in [0.25, 0.3) is 0 Å². The summed E-state index contributed by atoms with van der Waals surface area (Å²) in [6, 6.07) is 8.42. The zero-order valence-corrected chi connectivity index (χ0v) is 11.0. The molecule has 17 heavy (non-hydrogen) atoms. The van der Waals surface area contributed by atoms with Crippen molar-refractivity contribution in [2.24, 2.45) is 11.3 Å². The lowest BCUT2D eigenvalue weighted by Gasteiger charge is -2.03. The van der Waals surface area contributed by atoms with E-state index in [2.05, 4.69) is 45.0 Å². The van der Waals surface area contributed by atoms with Crippen LogP contribution in [0.15, 0.2) is 24.3 Å². The van der Waals surface area contributed by atoms with E-state index in [1.165, 1.54) is 11.1 Å². The van der Waals surface area contributed by atoms with Crippen LogP contribution in [0.2, 0.25) is 0 Å². The van der Waals surface area contributed by atoms with Crippen LogP contribution in [0.3, 0.4) is 0 Å². The second-order valence-electron chi connectivity index (χ2n) is 5.44. The first-order valence-electron chi connectivity index (χ1n) is 6.21. The molecule has 0 unspecified atom stereocenters. The minimum Gasteiger partial charge on any atom is -0.466 e. The molecule has 0 saturated heterocycles. The fraction of sp³-hybridized carbons (Fsp3) is 0.533. The molecule has 1 saturated carbocycles. The fourth-order valence-electron chi connectivity index (χ4n) is 2.80. The van der Waals surface area contributed by atoms with Crippen molar-refractivity contribution in [2.75, 3.05) is 6.61 Å². The quantitative estimate of drug-likeness (QED) is 0.747. The number of hydrogen-bond donors (Lipinski definition) is 0. The molecule has 1 aliphatic carbocycles. The van der Waals surface area contributed by atoms with Crippen molar-refractivity contribution in [3.63, 3.8) is 0 Å². The first kappa shape index (κ1) is 12.2. The number of aryl methyl sites for hydroxylation is 1. The average molecular weight is 232 g/mol. The summed E-state index contributed by atoms with van der Waals surface area (Å²) >= 11 is 0. The summed E-state index contributed by atoms with van der Waals surface area (Å²) in [6.45, 7) is 8.68. The number of carbonyl (C=O) groups is 1. The molecular weight excluding hydrogens is 212 g/mol. The molecule has 0 N–H and O–H groups in total. The van der Waals surface area contributed by atoms with Crippen LogP contribution in [0.5, 0.6) is 0 Å². The van der Waals surface area contributed by atoms with Crippen LogP contribution < -0.4 is 0 Å². The van der Waals surface area contributed by atoms with Gasteiger partial charge in [-0.3, -0.25) is 4.79 Å². The van der Waals surface area contributed by atoms with Crippen LogP contribution in [0.4, 0.5) is 0 Å². The van der Waals surface area contributed by atoms with E-state index in [9.17, 15) is 4.79 Å². The van der Waals surface area contributed by atoms with Gasteiger partial charge in [0.2, 0.25) is 0 Å². The molecule has 0 amide bonds. The van der Waals surface area contributed by atoms with Crippen molar-refractivity contribution < 1.29 is 9.53 Å². The van der Waals surface area contributed by atoms with E-state index in [-0.39, 0.29) is 17.3 Å². The first-order chi connectivity index (χ1) is 7.98. The van der Waals surface area contributed by atoms with E-state index in [1.54, 1.807) is 0 Å². The molecule has 0 bridgehead atoms. The van der Waals surface area contributed by atoms with E-state index in [0.717, 1.165) is 0 Å². The highest BCUT2D eigenvalue weighted by atomic mass is 16.5. The molecule has 2 rings (SSSR count). The van der Waals surface area contributed by atoms with E-state index in [0.29, 0.717) is 12.5 Å². The van der Waals surface area contributed by atoms with Gasteiger partial charge in [-0.05, 0) is 24.8 Å². The maximum absolute atomic E-state index is 11.9. The van der Waals surface area contributed by atoms with E-state index >= 15 is 0 Å². The van der Waals surface area contributed by atoms with Gasteiger partial charge in [0, 0.05) is 5.92 Å². The highest BCUT2D eigenvalue weighted by Gasteiger charge is 2.63. The third-order valence-electron chi connectivity index (χ3n) is 3.77. The Morgan fingerprint density at radius 1 is 1.41 bits per heavy atom. The van der Waals surface area contributed by atoms with Crippen LogP contribution in [-0.4, -0.2) is 12.6 Å². The minimum atomic E-state index is -0.0518. The van der Waals surface area contributed by atoms with Crippen LogP contribution in [0.25, 0.3) is 0 Å². The van der Waals surface area contributed by atoms with E-state index < -0.39 is 0 Å². The Labute approximate surface area is 103 Å². The van der Waals surface area contributed by atoms with Crippen molar-refractivity contribution in [1.82, 2.24) is 0 Å². The van der Waals surface area contributed by atoms with Crippen molar-refractivity contribution in [1.29, 1.82) is 0 Å². The molecule has 92 valence electrons. The van der Waals surface area contributed by atoms with Gasteiger partial charge in [-0.25, -0.2) is 0 Å². The summed E-state index contributed by atoms with van der Waals surface area (Å²) in [4.78, 5) is 11.9. The van der Waals surface area contributed by atoms with Gasteiger partial charge in [-0.15, -0.1) is 0 Å². The Morgan fingerprint density at radius 2 is 2.12 bits per heavy atom. The largest absolute Gasteiger partial charge is 0.466 e. The maximum atomic E-state index is 11.9. The zero-order chi connectivity index (χ0) is 12.6. The summed E-state index contributed by atoms with van der Waals surface area (Å²) in [5.41, 5.74) is 2.53. The summed E-state index contributed by atoms with van der Waals surface area (Å²) in [6.07, 6.45) is 0. The van der Waals surface area contributed by atoms with Crippen LogP contribution in [-0.2, 0) is 9.53 Å². The molecule has 0 heterocycles. The minimum absolute atomic E-state index is 0.0178. The maximum Gasteiger partial charge on any atom is 0.310 e. The molecule has 0 radical (unpaired) electrons. The summed E-state index contributed by atoms with van der Waals surface area (Å²) < 4.78 is 5.14. The number of benzene rings is 1. The number of rotatable bonds is 3. The van der Waals surface area contributed by atoms with Gasteiger partial charge in [0.1, 0.15) is 0 Å². The molecule has 0 aromatic heterocycles. The molecule has 0 aliphatic heterocycles. The van der Waals surface area contributed by atoms with Gasteiger partial charge < -0.3 is 4.74 Å². The Bertz CT molecular complexity index is 434.